The van der Waals surface area contributed by atoms with E-state index in [1.165, 1.54) is 16.2 Å². The third-order valence-corrected chi connectivity index (χ3v) is 13.9. The van der Waals surface area contributed by atoms with Crippen molar-refractivity contribution in [3.63, 3.8) is 0 Å². The molecule has 8 rings (SSSR count). The number of thiazole rings is 1. The highest BCUT2D eigenvalue weighted by atomic mass is 79.9. The molecule has 3 heterocycles. The van der Waals surface area contributed by atoms with Crippen LogP contribution in [0.1, 0.15) is 29.7 Å². The molecule has 14 heteroatoms. The quantitative estimate of drug-likeness (QED) is 0.176. The van der Waals surface area contributed by atoms with Crippen LogP contribution in [0.25, 0.3) is 0 Å². The van der Waals surface area contributed by atoms with Gasteiger partial charge in [0.15, 0.2) is 18.1 Å². The third kappa shape index (κ3) is 5.60. The van der Waals surface area contributed by atoms with Crippen LogP contribution >= 0.6 is 62.2 Å². The van der Waals surface area contributed by atoms with Crippen molar-refractivity contribution in [1.29, 1.82) is 0 Å². The molecule has 6 unspecified atom stereocenters. The number of rotatable bonds is 8. The number of fused-ring (bicyclic) bond motifs is 9. The number of H-pyrrole nitrogens is 1. The molecular formula is C35H28BrCl2N3O6S2. The van der Waals surface area contributed by atoms with Gasteiger partial charge >= 0.3 is 4.87 Å². The molecular weight excluding hydrogens is 773 g/mol. The summed E-state index contributed by atoms with van der Waals surface area (Å²) in [5.74, 6) is -0.787. The summed E-state index contributed by atoms with van der Waals surface area (Å²) >= 11 is 18.3. The normalized spacial score (nSPS) is 26.4. The van der Waals surface area contributed by atoms with Crippen molar-refractivity contribution in [2.45, 2.75) is 29.5 Å². The number of anilines is 2. The molecule has 2 aliphatic carbocycles. The zero-order chi connectivity index (χ0) is 34.1. The van der Waals surface area contributed by atoms with E-state index in [2.05, 4.69) is 26.2 Å². The lowest BCUT2D eigenvalue weighted by Crippen LogP contribution is -2.42. The van der Waals surface area contributed by atoms with Crippen molar-refractivity contribution in [1.82, 2.24) is 4.98 Å². The van der Waals surface area contributed by atoms with Gasteiger partial charge in [-0.2, -0.15) is 0 Å². The number of carbonyl (C=O) groups excluding carboxylic acids is 3. The topological polar surface area (TPSA) is 118 Å². The summed E-state index contributed by atoms with van der Waals surface area (Å²) in [6, 6.07) is 17.7. The van der Waals surface area contributed by atoms with Crippen LogP contribution in [0.2, 0.25) is 10.0 Å². The van der Waals surface area contributed by atoms with Crippen LogP contribution in [0.15, 0.2) is 75.0 Å². The lowest BCUT2D eigenvalue weighted by Gasteiger charge is -2.43. The molecule has 2 saturated carbocycles. The smallest absolute Gasteiger partial charge is 0.305 e. The second-order valence-corrected chi connectivity index (χ2v) is 16.5. The van der Waals surface area contributed by atoms with Gasteiger partial charge in [0.1, 0.15) is 0 Å². The molecule has 0 spiro atoms. The van der Waals surface area contributed by atoms with Gasteiger partial charge in [0, 0.05) is 26.2 Å². The van der Waals surface area contributed by atoms with Gasteiger partial charge in [-0.15, -0.1) is 11.8 Å². The van der Waals surface area contributed by atoms with E-state index < -0.39 is 5.92 Å². The van der Waals surface area contributed by atoms with E-state index in [9.17, 15) is 19.2 Å². The second-order valence-electron chi connectivity index (χ2n) is 12.6. The lowest BCUT2D eigenvalue weighted by molar-refractivity contribution is -0.123. The largest absolute Gasteiger partial charge is 0.490 e. The first-order valence-corrected chi connectivity index (χ1v) is 19.0. The molecule has 3 amide bonds. The van der Waals surface area contributed by atoms with E-state index >= 15 is 0 Å². The summed E-state index contributed by atoms with van der Waals surface area (Å²) < 4.78 is 12.8. The molecule has 2 aliphatic heterocycles. The monoisotopic (exact) mass is 799 g/mol. The van der Waals surface area contributed by atoms with Crippen LogP contribution in [-0.4, -0.2) is 41.2 Å². The average Bonchev–Trinajstić information content (AvgIpc) is 3.81. The van der Waals surface area contributed by atoms with Gasteiger partial charge in [-0.25, -0.2) is 0 Å². The standard InChI is InChI=1S/C35H28BrCl2N3O6S2/c1-2-46-24-11-15(3-10-23(24)47-14-25(42)39-17-6-9-21(37)22(38)12-17)26-27-19-13-20(30(27)48-32-31(26)49-35(45)40-32)29-28(19)33(43)41(34(29)44)18-7-4-16(36)5-8-18/h3-12,19-20,26-30H,2,13-14H2,1H3,(H,39,42)(H,40,45)/t19?,20?,26-,27?,28?,29?,30?/m1/s1. The first-order chi connectivity index (χ1) is 23.6. The van der Waals surface area contributed by atoms with E-state index in [4.69, 9.17) is 32.7 Å². The molecule has 4 aliphatic rings. The summed E-state index contributed by atoms with van der Waals surface area (Å²) in [5.41, 5.74) is 2.00. The minimum atomic E-state index is -0.411. The Labute approximate surface area is 307 Å². The van der Waals surface area contributed by atoms with Gasteiger partial charge < -0.3 is 19.8 Å². The van der Waals surface area contributed by atoms with Crippen molar-refractivity contribution >= 4 is 91.3 Å². The van der Waals surface area contributed by atoms with Crippen molar-refractivity contribution in [2.24, 2.45) is 29.6 Å². The van der Waals surface area contributed by atoms with Gasteiger partial charge in [-0.1, -0.05) is 56.5 Å². The first kappa shape index (κ1) is 32.9. The fourth-order valence-electron chi connectivity index (χ4n) is 8.25. The highest BCUT2D eigenvalue weighted by molar-refractivity contribution is 9.10. The summed E-state index contributed by atoms with van der Waals surface area (Å²) in [4.78, 5) is 58.6. The summed E-state index contributed by atoms with van der Waals surface area (Å²) in [5, 5.41) is 4.33. The fourth-order valence-corrected chi connectivity index (χ4v) is 11.7. The van der Waals surface area contributed by atoms with E-state index in [0.29, 0.717) is 39.5 Å². The molecule has 252 valence electrons. The number of ether oxygens (including phenoxy) is 2. The molecule has 49 heavy (non-hydrogen) atoms. The molecule has 0 radical (unpaired) electrons. The Morgan fingerprint density at radius 3 is 2.45 bits per heavy atom. The van der Waals surface area contributed by atoms with Gasteiger partial charge in [-0.3, -0.25) is 24.1 Å². The fraction of sp³-hybridized carbons (Fsp3) is 0.314. The maximum absolute atomic E-state index is 14.0. The molecule has 3 aromatic carbocycles. The predicted molar refractivity (Wildman–Crippen MR) is 193 cm³/mol. The zero-order valence-electron chi connectivity index (χ0n) is 25.8. The Kier molecular flexibility index (Phi) is 8.59. The molecule has 1 aromatic heterocycles. The number of benzene rings is 3. The molecule has 3 fully saturated rings. The predicted octanol–water partition coefficient (Wildman–Crippen LogP) is 7.60. The Hall–Kier alpha value is -3.29. The Balaban J connectivity index is 1.09. The van der Waals surface area contributed by atoms with Crippen LogP contribution in [0.3, 0.4) is 0 Å². The molecule has 1 saturated heterocycles. The summed E-state index contributed by atoms with van der Waals surface area (Å²) in [6.07, 6.45) is 0.784. The SMILES string of the molecule is CCOc1cc([C@H]2c3sc(=O)[nH]c3SC3C4CC(C5C(=O)N(c6ccc(Br)cc6)C(=O)C45)C32)ccc1OCC(=O)Nc1ccc(Cl)c(Cl)c1. The molecule has 4 aromatic rings. The number of aromatic nitrogens is 1. The van der Waals surface area contributed by atoms with Gasteiger partial charge in [0.05, 0.1) is 39.2 Å². The molecule has 9 nitrogen and oxygen atoms in total. The second kappa shape index (κ2) is 12.8. The molecule has 2 bridgehead atoms. The Morgan fingerprint density at radius 2 is 1.71 bits per heavy atom. The van der Waals surface area contributed by atoms with E-state index in [0.717, 1.165) is 26.4 Å². The third-order valence-electron chi connectivity index (χ3n) is 10.00. The van der Waals surface area contributed by atoms with Crippen molar-refractivity contribution in [2.75, 3.05) is 23.4 Å². The van der Waals surface area contributed by atoms with Gasteiger partial charge in [-0.05, 0) is 91.3 Å². The summed E-state index contributed by atoms with van der Waals surface area (Å²) in [6.45, 7) is 1.96. The minimum Gasteiger partial charge on any atom is -0.490 e. The highest BCUT2D eigenvalue weighted by Gasteiger charge is 2.69. The van der Waals surface area contributed by atoms with Crippen LogP contribution in [-0.2, 0) is 14.4 Å². The van der Waals surface area contributed by atoms with Gasteiger partial charge in [0.25, 0.3) is 5.91 Å². The van der Waals surface area contributed by atoms with E-state index in [1.807, 2.05) is 31.2 Å². The maximum Gasteiger partial charge on any atom is 0.305 e. The Morgan fingerprint density at radius 1 is 0.959 bits per heavy atom. The number of hydrogen-bond acceptors (Lipinski definition) is 8. The number of imide groups is 1. The minimum absolute atomic E-state index is 0.00366. The van der Waals surface area contributed by atoms with Crippen LogP contribution in [0.4, 0.5) is 11.4 Å². The van der Waals surface area contributed by atoms with Crippen molar-refractivity contribution in [3.8, 4) is 11.5 Å². The Bertz CT molecular complexity index is 2070. The van der Waals surface area contributed by atoms with E-state index in [1.54, 1.807) is 48.2 Å². The number of hydrogen-bond donors (Lipinski definition) is 2. The van der Waals surface area contributed by atoms with Crippen LogP contribution in [0, 0.1) is 29.6 Å². The summed E-state index contributed by atoms with van der Waals surface area (Å²) in [7, 11) is 0. The lowest BCUT2D eigenvalue weighted by atomic mass is 9.68. The maximum atomic E-state index is 14.0. The highest BCUT2D eigenvalue weighted by Crippen LogP contribution is 2.68. The van der Waals surface area contributed by atoms with Crippen molar-refractivity contribution in [3.05, 3.63) is 95.3 Å². The number of amides is 3. The number of aromatic amines is 1. The average molecular weight is 802 g/mol. The number of carbonyl (C=O) groups is 3. The van der Waals surface area contributed by atoms with Crippen molar-refractivity contribution < 1.29 is 23.9 Å². The van der Waals surface area contributed by atoms with Gasteiger partial charge in [0.2, 0.25) is 11.8 Å². The van der Waals surface area contributed by atoms with Crippen LogP contribution < -0.4 is 24.6 Å². The van der Waals surface area contributed by atoms with E-state index in [-0.39, 0.29) is 64.0 Å². The number of thioether (sulfide) groups is 1. The number of nitrogens with one attached hydrogen (secondary N) is 2. The molecule has 2 N–H and O–H groups in total. The zero-order valence-corrected chi connectivity index (χ0v) is 30.5. The van der Waals surface area contributed by atoms with Crippen LogP contribution in [0.5, 0.6) is 11.5 Å². The molecule has 7 atom stereocenters. The number of halogens is 3. The first-order valence-electron chi connectivity index (χ1n) is 15.8. The number of nitrogens with zero attached hydrogens (tertiary/aromatic N) is 1.